The Morgan fingerprint density at radius 2 is 2.12 bits per heavy atom. The first kappa shape index (κ1) is 14.2. The Hall–Kier alpha value is -0.870. The van der Waals surface area contributed by atoms with Crippen molar-refractivity contribution in [3.8, 4) is 0 Å². The first-order valence-corrected chi connectivity index (χ1v) is 6.58. The average Bonchev–Trinajstić information content (AvgIpc) is 2.72. The van der Waals surface area contributed by atoms with Crippen LogP contribution in [0.2, 0.25) is 0 Å². The molecule has 98 valence electrons. The number of aryl methyl sites for hydroxylation is 1. The highest BCUT2D eigenvalue weighted by molar-refractivity contribution is 5.00. The van der Waals surface area contributed by atoms with Crippen LogP contribution in [0, 0.1) is 0 Å². The van der Waals surface area contributed by atoms with Gasteiger partial charge in [0.05, 0.1) is 6.04 Å². The maximum atomic E-state index is 4.51. The van der Waals surface area contributed by atoms with Gasteiger partial charge in [0.2, 0.25) is 0 Å². The molecule has 0 aliphatic rings. The van der Waals surface area contributed by atoms with E-state index in [2.05, 4.69) is 53.9 Å². The van der Waals surface area contributed by atoms with Crippen LogP contribution in [0.1, 0.15) is 38.6 Å². The molecule has 1 heterocycles. The van der Waals surface area contributed by atoms with E-state index in [9.17, 15) is 0 Å². The van der Waals surface area contributed by atoms with Crippen molar-refractivity contribution in [1.82, 2.24) is 19.8 Å². The van der Waals surface area contributed by atoms with E-state index in [1.807, 2.05) is 6.20 Å². The second-order valence-electron chi connectivity index (χ2n) is 4.75. The van der Waals surface area contributed by atoms with Crippen LogP contribution in [-0.4, -0.2) is 41.6 Å². The topological polar surface area (TPSA) is 33.1 Å². The lowest BCUT2D eigenvalue weighted by Crippen LogP contribution is -2.33. The van der Waals surface area contributed by atoms with Crippen molar-refractivity contribution in [2.45, 2.75) is 39.3 Å². The molecule has 0 radical (unpaired) electrons. The number of imidazole rings is 1. The molecule has 4 nitrogen and oxygen atoms in total. The van der Waals surface area contributed by atoms with E-state index >= 15 is 0 Å². The van der Waals surface area contributed by atoms with Crippen LogP contribution >= 0.6 is 0 Å². The molecule has 17 heavy (non-hydrogen) atoms. The number of hydrogen-bond donors (Lipinski definition) is 1. The van der Waals surface area contributed by atoms with Gasteiger partial charge in [0.25, 0.3) is 0 Å². The van der Waals surface area contributed by atoms with Crippen molar-refractivity contribution in [2.75, 3.05) is 27.2 Å². The molecule has 4 heteroatoms. The lowest BCUT2D eigenvalue weighted by Gasteiger charge is -2.22. The number of aromatic nitrogens is 2. The van der Waals surface area contributed by atoms with Gasteiger partial charge in [-0.05, 0) is 33.5 Å². The normalized spacial score (nSPS) is 13.2. The predicted octanol–water partition coefficient (Wildman–Crippen LogP) is 1.90. The highest BCUT2D eigenvalue weighted by Crippen LogP contribution is 2.12. The van der Waals surface area contributed by atoms with Crippen molar-refractivity contribution in [1.29, 1.82) is 0 Å². The minimum atomic E-state index is 0.325. The lowest BCUT2D eigenvalue weighted by atomic mass is 10.2. The molecule has 0 aliphatic heterocycles. The quantitative estimate of drug-likeness (QED) is 0.751. The van der Waals surface area contributed by atoms with E-state index in [1.54, 1.807) is 0 Å². The Balaban J connectivity index is 2.75. The maximum absolute atomic E-state index is 4.51. The standard InChI is InChI=1S/C13H26N4/c1-5-7-14-12(11-16(3)4)13-15-8-10-17(13)9-6-2/h8,10,12,14H,5-7,9,11H2,1-4H3. The molecule has 1 unspecified atom stereocenters. The highest BCUT2D eigenvalue weighted by Gasteiger charge is 2.16. The van der Waals surface area contributed by atoms with Gasteiger partial charge in [-0.2, -0.15) is 0 Å². The van der Waals surface area contributed by atoms with E-state index in [-0.39, 0.29) is 0 Å². The summed E-state index contributed by atoms with van der Waals surface area (Å²) in [6.45, 7) is 7.47. The largest absolute Gasteiger partial charge is 0.334 e. The number of likely N-dealkylation sites (N-methyl/N-ethyl adjacent to an activating group) is 1. The van der Waals surface area contributed by atoms with Crippen LogP contribution < -0.4 is 5.32 Å². The fraction of sp³-hybridized carbons (Fsp3) is 0.769. The van der Waals surface area contributed by atoms with Crippen molar-refractivity contribution >= 4 is 0 Å². The number of nitrogens with one attached hydrogen (secondary N) is 1. The number of nitrogens with zero attached hydrogens (tertiary/aromatic N) is 3. The second kappa shape index (κ2) is 7.45. The molecule has 1 aromatic rings. The van der Waals surface area contributed by atoms with Crippen LogP contribution in [0.15, 0.2) is 12.4 Å². The first-order valence-electron chi connectivity index (χ1n) is 6.58. The van der Waals surface area contributed by atoms with Crippen LogP contribution in [0.3, 0.4) is 0 Å². The van der Waals surface area contributed by atoms with E-state index in [0.717, 1.165) is 38.3 Å². The Kier molecular flexibility index (Phi) is 6.22. The summed E-state index contributed by atoms with van der Waals surface area (Å²) in [6.07, 6.45) is 6.28. The first-order chi connectivity index (χ1) is 8.19. The summed E-state index contributed by atoms with van der Waals surface area (Å²) in [5, 5.41) is 3.58. The fourth-order valence-electron chi connectivity index (χ4n) is 1.98. The second-order valence-corrected chi connectivity index (χ2v) is 4.75. The van der Waals surface area contributed by atoms with Crippen molar-refractivity contribution < 1.29 is 0 Å². The van der Waals surface area contributed by atoms with Gasteiger partial charge in [-0.25, -0.2) is 4.98 Å². The van der Waals surface area contributed by atoms with Gasteiger partial charge in [0, 0.05) is 25.5 Å². The average molecular weight is 238 g/mol. The van der Waals surface area contributed by atoms with Crippen LogP contribution in [-0.2, 0) is 6.54 Å². The molecular weight excluding hydrogens is 212 g/mol. The zero-order valence-electron chi connectivity index (χ0n) is 11.6. The van der Waals surface area contributed by atoms with Gasteiger partial charge in [-0.3, -0.25) is 0 Å². The molecule has 1 N–H and O–H groups in total. The third-order valence-corrected chi connectivity index (χ3v) is 2.71. The molecule has 1 atom stereocenters. The summed E-state index contributed by atoms with van der Waals surface area (Å²) in [5.74, 6) is 1.16. The van der Waals surface area contributed by atoms with Gasteiger partial charge < -0.3 is 14.8 Å². The minimum Gasteiger partial charge on any atom is -0.334 e. The van der Waals surface area contributed by atoms with Crippen LogP contribution in [0.4, 0.5) is 0 Å². The van der Waals surface area contributed by atoms with E-state index in [1.165, 1.54) is 0 Å². The van der Waals surface area contributed by atoms with Crippen molar-refractivity contribution in [3.63, 3.8) is 0 Å². The van der Waals surface area contributed by atoms with E-state index in [4.69, 9.17) is 0 Å². The molecule has 0 bridgehead atoms. The van der Waals surface area contributed by atoms with Gasteiger partial charge in [0.1, 0.15) is 5.82 Å². The van der Waals surface area contributed by atoms with Crippen LogP contribution in [0.5, 0.6) is 0 Å². The zero-order chi connectivity index (χ0) is 12.7. The Morgan fingerprint density at radius 3 is 2.71 bits per heavy atom. The molecule has 1 aromatic heterocycles. The molecule has 0 amide bonds. The van der Waals surface area contributed by atoms with Gasteiger partial charge in [0.15, 0.2) is 0 Å². The van der Waals surface area contributed by atoms with E-state index in [0.29, 0.717) is 6.04 Å². The summed E-state index contributed by atoms with van der Waals surface area (Å²) in [5.41, 5.74) is 0. The molecule has 0 aliphatic carbocycles. The number of rotatable bonds is 8. The third-order valence-electron chi connectivity index (χ3n) is 2.71. The van der Waals surface area contributed by atoms with Gasteiger partial charge >= 0.3 is 0 Å². The Bertz CT molecular complexity index is 306. The van der Waals surface area contributed by atoms with Gasteiger partial charge in [-0.15, -0.1) is 0 Å². The fourth-order valence-corrected chi connectivity index (χ4v) is 1.98. The Labute approximate surface area is 105 Å². The Morgan fingerprint density at radius 1 is 1.35 bits per heavy atom. The van der Waals surface area contributed by atoms with E-state index < -0.39 is 0 Å². The van der Waals surface area contributed by atoms with Crippen molar-refractivity contribution in [2.24, 2.45) is 0 Å². The highest BCUT2D eigenvalue weighted by atomic mass is 15.2. The third kappa shape index (κ3) is 4.48. The summed E-state index contributed by atoms with van der Waals surface area (Å²) in [7, 11) is 4.21. The smallest absolute Gasteiger partial charge is 0.127 e. The summed E-state index contributed by atoms with van der Waals surface area (Å²) in [4.78, 5) is 6.72. The van der Waals surface area contributed by atoms with Crippen molar-refractivity contribution in [3.05, 3.63) is 18.2 Å². The molecule has 0 saturated carbocycles. The lowest BCUT2D eigenvalue weighted by molar-refractivity contribution is 0.327. The van der Waals surface area contributed by atoms with Crippen LogP contribution in [0.25, 0.3) is 0 Å². The SMILES string of the molecule is CCCNC(CN(C)C)c1nccn1CCC. The minimum absolute atomic E-state index is 0.325. The molecule has 1 rings (SSSR count). The maximum Gasteiger partial charge on any atom is 0.127 e. The molecule has 0 fully saturated rings. The molecule has 0 saturated heterocycles. The summed E-state index contributed by atoms with van der Waals surface area (Å²) in [6, 6.07) is 0.325. The molecular formula is C13H26N4. The molecule has 0 aromatic carbocycles. The van der Waals surface area contributed by atoms with Gasteiger partial charge in [-0.1, -0.05) is 13.8 Å². The molecule has 0 spiro atoms. The summed E-state index contributed by atoms with van der Waals surface area (Å²) >= 11 is 0. The predicted molar refractivity (Wildman–Crippen MR) is 72.1 cm³/mol. The summed E-state index contributed by atoms with van der Waals surface area (Å²) < 4.78 is 2.26. The monoisotopic (exact) mass is 238 g/mol. The zero-order valence-corrected chi connectivity index (χ0v) is 11.6. The number of hydrogen-bond acceptors (Lipinski definition) is 3.